The van der Waals surface area contributed by atoms with Crippen LogP contribution >= 0.6 is 11.6 Å². The fourth-order valence-electron chi connectivity index (χ4n) is 2.28. The van der Waals surface area contributed by atoms with Crippen LogP contribution in [-0.4, -0.2) is 34.3 Å². The van der Waals surface area contributed by atoms with Gasteiger partial charge in [0.1, 0.15) is 5.69 Å². The lowest BCUT2D eigenvalue weighted by molar-refractivity contribution is 0.104. The number of rotatable bonds is 5. The van der Waals surface area contributed by atoms with Crippen LogP contribution in [0, 0.1) is 0 Å². The SMILES string of the molecule is COC(CNC(=O)Nc1cnn2cccnc12)c1ccc(Cl)cc1. The second-order valence-electron chi connectivity index (χ2n) is 5.06. The molecule has 0 radical (unpaired) electrons. The molecule has 2 amide bonds. The van der Waals surface area contributed by atoms with E-state index in [2.05, 4.69) is 20.7 Å². The third-order valence-corrected chi connectivity index (χ3v) is 3.75. The summed E-state index contributed by atoms with van der Waals surface area (Å²) in [6.07, 6.45) is 4.68. The number of amides is 2. The summed E-state index contributed by atoms with van der Waals surface area (Å²) in [6.45, 7) is 0.316. The minimum atomic E-state index is -0.355. The summed E-state index contributed by atoms with van der Waals surface area (Å²) < 4.78 is 7.00. The van der Waals surface area contributed by atoms with E-state index in [0.29, 0.717) is 22.9 Å². The van der Waals surface area contributed by atoms with Crippen LogP contribution < -0.4 is 10.6 Å². The van der Waals surface area contributed by atoms with Crippen LogP contribution in [0.5, 0.6) is 0 Å². The molecular weight excluding hydrogens is 330 g/mol. The van der Waals surface area contributed by atoms with Gasteiger partial charge in [-0.3, -0.25) is 0 Å². The molecule has 2 heterocycles. The number of hydrogen-bond acceptors (Lipinski definition) is 4. The third-order valence-electron chi connectivity index (χ3n) is 3.50. The highest BCUT2D eigenvalue weighted by Gasteiger charge is 2.13. The summed E-state index contributed by atoms with van der Waals surface area (Å²) in [5.41, 5.74) is 2.04. The van der Waals surface area contributed by atoms with Crippen LogP contribution in [0.1, 0.15) is 11.7 Å². The zero-order valence-corrected chi connectivity index (χ0v) is 13.7. The van der Waals surface area contributed by atoms with Gasteiger partial charge in [0.05, 0.1) is 12.3 Å². The molecule has 0 saturated carbocycles. The van der Waals surface area contributed by atoms with Crippen molar-refractivity contribution in [3.05, 3.63) is 59.5 Å². The third kappa shape index (κ3) is 3.64. The first-order valence-electron chi connectivity index (χ1n) is 7.29. The molecule has 0 aliphatic carbocycles. The monoisotopic (exact) mass is 345 g/mol. The van der Waals surface area contributed by atoms with Crippen LogP contribution in [0.25, 0.3) is 5.65 Å². The number of nitrogens with one attached hydrogen (secondary N) is 2. The van der Waals surface area contributed by atoms with Gasteiger partial charge in [0.25, 0.3) is 0 Å². The average Bonchev–Trinajstić information content (AvgIpc) is 3.00. The van der Waals surface area contributed by atoms with Crippen LogP contribution in [0.4, 0.5) is 10.5 Å². The van der Waals surface area contributed by atoms with Crippen molar-refractivity contribution in [2.45, 2.75) is 6.10 Å². The van der Waals surface area contributed by atoms with Crippen molar-refractivity contribution in [3.63, 3.8) is 0 Å². The summed E-state index contributed by atoms with van der Waals surface area (Å²) in [6, 6.07) is 8.71. The predicted octanol–water partition coefficient (Wildman–Crippen LogP) is 2.89. The normalized spacial score (nSPS) is 12.1. The zero-order valence-electron chi connectivity index (χ0n) is 12.9. The van der Waals surface area contributed by atoms with E-state index in [0.717, 1.165) is 5.56 Å². The number of anilines is 1. The molecule has 0 aliphatic rings. The number of methoxy groups -OCH3 is 1. The van der Waals surface area contributed by atoms with Crippen LogP contribution in [0.2, 0.25) is 5.02 Å². The van der Waals surface area contributed by atoms with Crippen LogP contribution in [-0.2, 0) is 4.74 Å². The lowest BCUT2D eigenvalue weighted by Crippen LogP contribution is -2.32. The average molecular weight is 346 g/mol. The van der Waals surface area contributed by atoms with Crippen molar-refractivity contribution >= 4 is 29.0 Å². The van der Waals surface area contributed by atoms with Crippen molar-refractivity contribution < 1.29 is 9.53 Å². The van der Waals surface area contributed by atoms with E-state index in [1.165, 1.54) is 0 Å². The van der Waals surface area contributed by atoms with Gasteiger partial charge in [-0.2, -0.15) is 5.10 Å². The Bertz CT molecular complexity index is 834. The predicted molar refractivity (Wildman–Crippen MR) is 91.2 cm³/mol. The highest BCUT2D eigenvalue weighted by atomic mass is 35.5. The number of hydrogen-bond donors (Lipinski definition) is 2. The quantitative estimate of drug-likeness (QED) is 0.745. The Kier molecular flexibility index (Phi) is 4.93. The molecule has 24 heavy (non-hydrogen) atoms. The molecule has 2 aromatic heterocycles. The molecule has 0 saturated heterocycles. The van der Waals surface area contributed by atoms with E-state index in [1.54, 1.807) is 48.4 Å². The molecule has 0 aliphatic heterocycles. The highest BCUT2D eigenvalue weighted by molar-refractivity contribution is 6.30. The Morgan fingerprint density at radius 3 is 2.92 bits per heavy atom. The maximum Gasteiger partial charge on any atom is 0.319 e. The number of ether oxygens (including phenoxy) is 1. The van der Waals surface area contributed by atoms with Gasteiger partial charge >= 0.3 is 6.03 Å². The van der Waals surface area contributed by atoms with E-state index < -0.39 is 0 Å². The number of fused-ring (bicyclic) bond motifs is 1. The van der Waals surface area contributed by atoms with Gasteiger partial charge in [0, 0.05) is 31.1 Å². The number of carbonyl (C=O) groups excluding carboxylic acids is 1. The summed E-state index contributed by atoms with van der Waals surface area (Å²) in [5, 5.41) is 10.3. The lowest BCUT2D eigenvalue weighted by Gasteiger charge is -2.16. The largest absolute Gasteiger partial charge is 0.375 e. The zero-order chi connectivity index (χ0) is 16.9. The number of urea groups is 1. The van der Waals surface area contributed by atoms with Gasteiger partial charge in [0.15, 0.2) is 5.65 Å². The van der Waals surface area contributed by atoms with Gasteiger partial charge < -0.3 is 15.4 Å². The first kappa shape index (κ1) is 16.2. The Labute approximate surface area is 143 Å². The number of carbonyl (C=O) groups is 1. The van der Waals surface area contributed by atoms with E-state index in [-0.39, 0.29) is 12.1 Å². The maximum atomic E-state index is 12.1. The minimum Gasteiger partial charge on any atom is -0.375 e. The lowest BCUT2D eigenvalue weighted by atomic mass is 10.1. The maximum absolute atomic E-state index is 12.1. The van der Waals surface area contributed by atoms with Crippen molar-refractivity contribution in [2.75, 3.05) is 19.0 Å². The number of halogens is 1. The fourth-order valence-corrected chi connectivity index (χ4v) is 2.41. The summed E-state index contributed by atoms with van der Waals surface area (Å²) in [5.74, 6) is 0. The topological polar surface area (TPSA) is 80.5 Å². The van der Waals surface area contributed by atoms with E-state index in [4.69, 9.17) is 16.3 Å². The standard InChI is InChI=1S/C16H16ClN5O2/c1-24-14(11-3-5-12(17)6-4-11)10-19-16(23)21-13-9-20-22-8-2-7-18-15(13)22/h2-9,14H,10H2,1H3,(H2,19,21,23). The first-order chi connectivity index (χ1) is 11.7. The van der Waals surface area contributed by atoms with Gasteiger partial charge in [0.2, 0.25) is 0 Å². The van der Waals surface area contributed by atoms with Gasteiger partial charge in [-0.05, 0) is 23.8 Å². The van der Waals surface area contributed by atoms with Crippen molar-refractivity contribution in [1.82, 2.24) is 19.9 Å². The number of aromatic nitrogens is 3. The molecular formula is C16H16ClN5O2. The summed E-state index contributed by atoms with van der Waals surface area (Å²) in [7, 11) is 1.59. The first-order valence-corrected chi connectivity index (χ1v) is 7.66. The smallest absolute Gasteiger partial charge is 0.319 e. The van der Waals surface area contributed by atoms with E-state index in [9.17, 15) is 4.79 Å². The van der Waals surface area contributed by atoms with Crippen LogP contribution in [0.3, 0.4) is 0 Å². The molecule has 8 heteroatoms. The Morgan fingerprint density at radius 1 is 1.38 bits per heavy atom. The van der Waals surface area contributed by atoms with Gasteiger partial charge in [-0.15, -0.1) is 0 Å². The molecule has 7 nitrogen and oxygen atoms in total. The Balaban J connectivity index is 1.61. The second kappa shape index (κ2) is 7.29. The fraction of sp³-hybridized carbons (Fsp3) is 0.188. The molecule has 0 bridgehead atoms. The molecule has 2 N–H and O–H groups in total. The molecule has 0 spiro atoms. The minimum absolute atomic E-state index is 0.268. The molecule has 124 valence electrons. The van der Waals surface area contributed by atoms with Crippen molar-refractivity contribution in [3.8, 4) is 0 Å². The molecule has 3 aromatic rings. The number of benzene rings is 1. The van der Waals surface area contributed by atoms with E-state index >= 15 is 0 Å². The molecule has 1 aromatic carbocycles. The van der Waals surface area contributed by atoms with Gasteiger partial charge in [-0.25, -0.2) is 14.3 Å². The van der Waals surface area contributed by atoms with Crippen molar-refractivity contribution in [2.24, 2.45) is 0 Å². The highest BCUT2D eigenvalue weighted by Crippen LogP contribution is 2.19. The van der Waals surface area contributed by atoms with E-state index in [1.807, 2.05) is 12.1 Å². The Hall–Kier alpha value is -2.64. The summed E-state index contributed by atoms with van der Waals surface area (Å²) >= 11 is 5.88. The number of nitrogens with zero attached hydrogens (tertiary/aromatic N) is 3. The van der Waals surface area contributed by atoms with Crippen molar-refractivity contribution in [1.29, 1.82) is 0 Å². The molecule has 0 fully saturated rings. The summed E-state index contributed by atoms with van der Waals surface area (Å²) in [4.78, 5) is 16.3. The molecule has 3 rings (SSSR count). The second-order valence-corrected chi connectivity index (χ2v) is 5.49. The Morgan fingerprint density at radius 2 is 2.17 bits per heavy atom. The molecule has 1 unspecified atom stereocenters. The van der Waals surface area contributed by atoms with Gasteiger partial charge in [-0.1, -0.05) is 23.7 Å². The van der Waals surface area contributed by atoms with Crippen LogP contribution in [0.15, 0.2) is 48.9 Å². The molecule has 1 atom stereocenters.